The number of aromatic nitrogens is 1. The van der Waals surface area contributed by atoms with Crippen LogP contribution in [0.2, 0.25) is 0 Å². The molecule has 1 atom stereocenters. The largest absolute Gasteiger partial charge is 0.354 e. The predicted octanol–water partition coefficient (Wildman–Crippen LogP) is 3.87. The van der Waals surface area contributed by atoms with Gasteiger partial charge in [-0.2, -0.15) is 0 Å². The summed E-state index contributed by atoms with van der Waals surface area (Å²) < 4.78 is 2.07. The lowest BCUT2D eigenvalue weighted by atomic mass is 10.0. The third kappa shape index (κ3) is 3.45. The van der Waals surface area contributed by atoms with Crippen molar-refractivity contribution in [1.29, 1.82) is 0 Å². The number of carbonyl (C=O) groups is 1. The Labute approximate surface area is 136 Å². The van der Waals surface area contributed by atoms with Gasteiger partial charge in [-0.1, -0.05) is 55.5 Å². The minimum atomic E-state index is 0.0530. The monoisotopic (exact) mass is 306 g/mol. The highest BCUT2D eigenvalue weighted by Crippen LogP contribution is 2.19. The number of fused-ring (bicyclic) bond motifs is 1. The van der Waals surface area contributed by atoms with Crippen molar-refractivity contribution >= 4 is 16.8 Å². The van der Waals surface area contributed by atoms with Crippen LogP contribution in [0.15, 0.2) is 60.7 Å². The summed E-state index contributed by atoms with van der Waals surface area (Å²) in [4.78, 5) is 12.3. The fraction of sp³-hybridized carbons (Fsp3) is 0.250. The Morgan fingerprint density at radius 1 is 1.09 bits per heavy atom. The van der Waals surface area contributed by atoms with Gasteiger partial charge < -0.3 is 9.88 Å². The second kappa shape index (κ2) is 6.69. The molecule has 118 valence electrons. The molecule has 23 heavy (non-hydrogen) atoms. The predicted molar refractivity (Wildman–Crippen MR) is 94.5 cm³/mol. The lowest BCUT2D eigenvalue weighted by Gasteiger charge is -2.14. The molecule has 0 unspecified atom stereocenters. The molecule has 0 spiro atoms. The molecule has 0 fully saturated rings. The Kier molecular flexibility index (Phi) is 4.47. The van der Waals surface area contributed by atoms with Crippen LogP contribution in [0.5, 0.6) is 0 Å². The molecule has 3 heteroatoms. The van der Waals surface area contributed by atoms with E-state index in [4.69, 9.17) is 0 Å². The second-order valence-corrected chi connectivity index (χ2v) is 6.05. The van der Waals surface area contributed by atoms with Gasteiger partial charge in [-0.05, 0) is 35.9 Å². The van der Waals surface area contributed by atoms with E-state index in [1.807, 2.05) is 37.3 Å². The maximum absolute atomic E-state index is 12.3. The van der Waals surface area contributed by atoms with Gasteiger partial charge >= 0.3 is 0 Å². The van der Waals surface area contributed by atoms with Crippen LogP contribution in [0.1, 0.15) is 24.1 Å². The molecule has 0 saturated carbocycles. The first-order chi connectivity index (χ1) is 11.1. The Bertz CT molecular complexity index is 805. The highest BCUT2D eigenvalue weighted by atomic mass is 16.1. The number of aryl methyl sites for hydroxylation is 1. The summed E-state index contributed by atoms with van der Waals surface area (Å²) in [6, 6.07) is 20.6. The van der Waals surface area contributed by atoms with Gasteiger partial charge in [0.05, 0.1) is 0 Å². The summed E-state index contributed by atoms with van der Waals surface area (Å²) in [6.45, 7) is 5.19. The number of rotatable bonds is 5. The van der Waals surface area contributed by atoms with Gasteiger partial charge in [0, 0.05) is 17.8 Å². The van der Waals surface area contributed by atoms with Crippen molar-refractivity contribution in [3.63, 3.8) is 0 Å². The van der Waals surface area contributed by atoms with Gasteiger partial charge in [0.25, 0.3) is 0 Å². The highest BCUT2D eigenvalue weighted by Gasteiger charge is 2.11. The summed E-state index contributed by atoms with van der Waals surface area (Å²) in [5.74, 6) is 0.361. The molecule has 0 bridgehead atoms. The van der Waals surface area contributed by atoms with Crippen LogP contribution in [-0.4, -0.2) is 17.0 Å². The molecule has 1 heterocycles. The molecular weight excluding hydrogens is 284 g/mol. The van der Waals surface area contributed by atoms with Gasteiger partial charge in [0.1, 0.15) is 6.54 Å². The van der Waals surface area contributed by atoms with E-state index in [-0.39, 0.29) is 5.91 Å². The van der Waals surface area contributed by atoms with Gasteiger partial charge in [0.2, 0.25) is 5.91 Å². The summed E-state index contributed by atoms with van der Waals surface area (Å²) >= 11 is 0. The van der Waals surface area contributed by atoms with E-state index in [2.05, 4.69) is 47.1 Å². The summed E-state index contributed by atoms with van der Waals surface area (Å²) in [7, 11) is 0. The number of benzene rings is 2. The first-order valence-corrected chi connectivity index (χ1v) is 8.01. The maximum atomic E-state index is 12.3. The number of hydrogen-bond acceptors (Lipinski definition) is 1. The Hall–Kier alpha value is -2.55. The first-order valence-electron chi connectivity index (χ1n) is 8.01. The minimum Gasteiger partial charge on any atom is -0.354 e. The third-order valence-corrected chi connectivity index (χ3v) is 4.29. The standard InChI is InChI=1S/C20H22N2O/c1-15(17-8-4-3-5-9-17)13-21-20(23)14-22-16(2)12-18-10-6-7-11-19(18)22/h3-12,15H,13-14H2,1-2H3,(H,21,23)/t15-/m0/s1. The van der Waals surface area contributed by atoms with Gasteiger partial charge in [-0.25, -0.2) is 0 Å². The molecule has 0 aliphatic carbocycles. The molecule has 0 aliphatic heterocycles. The lowest BCUT2D eigenvalue weighted by Crippen LogP contribution is -2.30. The minimum absolute atomic E-state index is 0.0530. The number of nitrogens with zero attached hydrogens (tertiary/aromatic N) is 1. The van der Waals surface area contributed by atoms with Crippen LogP contribution in [0, 0.1) is 6.92 Å². The third-order valence-electron chi connectivity index (χ3n) is 4.29. The van der Waals surface area contributed by atoms with E-state index in [9.17, 15) is 4.79 Å². The van der Waals surface area contributed by atoms with E-state index in [0.717, 1.165) is 11.2 Å². The van der Waals surface area contributed by atoms with Crippen LogP contribution >= 0.6 is 0 Å². The SMILES string of the molecule is Cc1cc2ccccc2n1CC(=O)NC[C@H](C)c1ccccc1. The van der Waals surface area contributed by atoms with E-state index in [1.165, 1.54) is 10.9 Å². The average molecular weight is 306 g/mol. The Balaban J connectivity index is 1.64. The van der Waals surface area contributed by atoms with Crippen molar-refractivity contribution in [2.24, 2.45) is 0 Å². The molecule has 0 aliphatic rings. The molecule has 3 aromatic rings. The first kappa shape index (κ1) is 15.3. The topological polar surface area (TPSA) is 34.0 Å². The summed E-state index contributed by atoms with van der Waals surface area (Å²) in [5.41, 5.74) is 3.46. The van der Waals surface area contributed by atoms with Crippen LogP contribution in [-0.2, 0) is 11.3 Å². The molecule has 0 radical (unpaired) electrons. The van der Waals surface area contributed by atoms with Gasteiger partial charge in [-0.15, -0.1) is 0 Å². The van der Waals surface area contributed by atoms with Crippen molar-refractivity contribution < 1.29 is 4.79 Å². The molecule has 2 aromatic carbocycles. The molecule has 1 N–H and O–H groups in total. The normalized spacial score (nSPS) is 12.3. The van der Waals surface area contributed by atoms with Gasteiger partial charge in [0.15, 0.2) is 0 Å². The van der Waals surface area contributed by atoms with Crippen molar-refractivity contribution in [1.82, 2.24) is 9.88 Å². The molecule has 1 aromatic heterocycles. The van der Waals surface area contributed by atoms with Crippen LogP contribution in [0.25, 0.3) is 10.9 Å². The van der Waals surface area contributed by atoms with Crippen molar-refractivity contribution in [2.75, 3.05) is 6.54 Å². The molecular formula is C20H22N2O. The summed E-state index contributed by atoms with van der Waals surface area (Å²) in [5, 5.41) is 4.23. The summed E-state index contributed by atoms with van der Waals surface area (Å²) in [6.07, 6.45) is 0. The number of hydrogen-bond donors (Lipinski definition) is 1. The van der Waals surface area contributed by atoms with E-state index in [0.29, 0.717) is 19.0 Å². The molecule has 0 saturated heterocycles. The van der Waals surface area contributed by atoms with Crippen LogP contribution < -0.4 is 5.32 Å². The number of para-hydroxylation sites is 1. The fourth-order valence-electron chi connectivity index (χ4n) is 2.92. The maximum Gasteiger partial charge on any atom is 0.239 e. The highest BCUT2D eigenvalue weighted by molar-refractivity contribution is 5.84. The number of amides is 1. The molecule has 1 amide bonds. The van der Waals surface area contributed by atoms with E-state index < -0.39 is 0 Å². The zero-order chi connectivity index (χ0) is 16.2. The van der Waals surface area contributed by atoms with Crippen LogP contribution in [0.3, 0.4) is 0 Å². The molecule has 3 nitrogen and oxygen atoms in total. The lowest BCUT2D eigenvalue weighted by molar-refractivity contribution is -0.121. The zero-order valence-electron chi connectivity index (χ0n) is 13.6. The zero-order valence-corrected chi connectivity index (χ0v) is 13.6. The number of carbonyl (C=O) groups excluding carboxylic acids is 1. The Morgan fingerprint density at radius 2 is 1.78 bits per heavy atom. The van der Waals surface area contributed by atoms with Crippen LogP contribution in [0.4, 0.5) is 0 Å². The molecule has 3 rings (SSSR count). The number of nitrogens with one attached hydrogen (secondary N) is 1. The van der Waals surface area contributed by atoms with Crippen molar-refractivity contribution in [2.45, 2.75) is 26.3 Å². The quantitative estimate of drug-likeness (QED) is 0.763. The smallest absolute Gasteiger partial charge is 0.239 e. The van der Waals surface area contributed by atoms with E-state index in [1.54, 1.807) is 0 Å². The Morgan fingerprint density at radius 3 is 2.57 bits per heavy atom. The average Bonchev–Trinajstić information content (AvgIpc) is 2.89. The second-order valence-electron chi connectivity index (χ2n) is 6.05. The fourth-order valence-corrected chi connectivity index (χ4v) is 2.92. The van der Waals surface area contributed by atoms with Crippen molar-refractivity contribution in [3.8, 4) is 0 Å². The van der Waals surface area contributed by atoms with Crippen molar-refractivity contribution in [3.05, 3.63) is 71.9 Å². The van der Waals surface area contributed by atoms with E-state index >= 15 is 0 Å². The van der Waals surface area contributed by atoms with Gasteiger partial charge in [-0.3, -0.25) is 4.79 Å².